The van der Waals surface area contributed by atoms with Gasteiger partial charge in [-0.25, -0.2) is 4.84 Å². The molecule has 0 atom stereocenters. The molecule has 0 spiro atoms. The van der Waals surface area contributed by atoms with Crippen molar-refractivity contribution in [2.45, 2.75) is 6.92 Å². The first-order valence-electron chi connectivity index (χ1n) is 1.46. The summed E-state index contributed by atoms with van der Waals surface area (Å²) in [6.07, 6.45) is 0. The summed E-state index contributed by atoms with van der Waals surface area (Å²) in [6.45, 7) is 0.961. The van der Waals surface area contributed by atoms with E-state index in [4.69, 9.17) is 0 Å². The molecule has 0 rings (SSSR count). The van der Waals surface area contributed by atoms with Crippen LogP contribution in [0.3, 0.4) is 0 Å². The van der Waals surface area contributed by atoms with Crippen LogP contribution in [0.15, 0.2) is 0 Å². The predicted molar refractivity (Wildman–Crippen MR) is 22.4 cm³/mol. The van der Waals surface area contributed by atoms with Gasteiger partial charge in [-0.05, 0) is 0 Å². The summed E-state index contributed by atoms with van der Waals surface area (Å²) in [5.74, 6) is -0.912. The minimum Gasteiger partial charge on any atom is -0.412 e. The van der Waals surface area contributed by atoms with Crippen molar-refractivity contribution in [2.24, 2.45) is 0 Å². The zero-order chi connectivity index (χ0) is 5.86. The molecular weight excluding hydrogens is 118 g/mol. The topological polar surface area (TPSA) is 101 Å². The van der Waals surface area contributed by atoms with E-state index in [-0.39, 0.29) is 5.48 Å². The second kappa shape index (κ2) is 4.00. The van der Waals surface area contributed by atoms with Crippen molar-refractivity contribution >= 4 is 5.97 Å². The van der Waals surface area contributed by atoms with Gasteiger partial charge >= 0.3 is 11.1 Å². The molecule has 6 heteroatoms. The molecule has 0 aromatic rings. The van der Waals surface area contributed by atoms with E-state index in [1.807, 2.05) is 0 Å². The fraction of sp³-hybridized carbons (Fsp3) is 0.500. The first-order valence-corrected chi connectivity index (χ1v) is 1.46. The highest BCUT2D eigenvalue weighted by Gasteiger charge is 1.95. The maximum Gasteiger partial charge on any atom is 0.302 e. The Bertz CT molecular complexity index is 86.6. The van der Waals surface area contributed by atoms with Crippen LogP contribution in [0.25, 0.3) is 0 Å². The Morgan fingerprint density at radius 1 is 1.75 bits per heavy atom. The van der Waals surface area contributed by atoms with Crippen molar-refractivity contribution in [2.75, 3.05) is 0 Å². The maximum absolute atomic E-state index is 9.59. The monoisotopic (exact) mass is 123 g/mol. The van der Waals surface area contributed by atoms with E-state index in [9.17, 15) is 14.9 Å². The van der Waals surface area contributed by atoms with Crippen LogP contribution in [0.5, 0.6) is 0 Å². The minimum atomic E-state index is -1.15. The van der Waals surface area contributed by atoms with E-state index in [0.717, 1.165) is 6.92 Å². The van der Waals surface area contributed by atoms with Crippen molar-refractivity contribution in [3.05, 3.63) is 10.1 Å². The second-order valence-corrected chi connectivity index (χ2v) is 0.806. The Hall–Kier alpha value is -1.17. The molecule has 0 aromatic heterocycles. The summed E-state index contributed by atoms with van der Waals surface area (Å²) in [7, 11) is 0. The van der Waals surface area contributed by atoms with Gasteiger partial charge in [-0.1, -0.05) is 0 Å². The van der Waals surface area contributed by atoms with Crippen LogP contribution >= 0.6 is 0 Å². The lowest BCUT2D eigenvalue weighted by atomic mass is 10.8. The molecule has 0 saturated heterocycles. The first kappa shape index (κ1) is 9.95. The van der Waals surface area contributed by atoms with Gasteiger partial charge in [0, 0.05) is 6.92 Å². The molecule has 8 heavy (non-hydrogen) atoms. The average molecular weight is 123 g/mol. The molecule has 0 aromatic carbocycles. The van der Waals surface area contributed by atoms with E-state index < -0.39 is 11.1 Å². The quantitative estimate of drug-likeness (QED) is 0.326. The fourth-order valence-electron chi connectivity index (χ4n) is 0.105. The molecule has 48 valence electrons. The van der Waals surface area contributed by atoms with Crippen LogP contribution in [-0.2, 0) is 9.63 Å². The van der Waals surface area contributed by atoms with E-state index in [1.54, 1.807) is 0 Å². The largest absolute Gasteiger partial charge is 0.412 e. The lowest BCUT2D eigenvalue weighted by molar-refractivity contribution is -0.729. The Morgan fingerprint density at radius 3 is 2.12 bits per heavy atom. The lowest BCUT2D eigenvalue weighted by Crippen LogP contribution is -2.04. The van der Waals surface area contributed by atoms with Crippen LogP contribution in [0.4, 0.5) is 0 Å². The number of rotatable bonds is 1. The Balaban J connectivity index is 0. The Morgan fingerprint density at radius 2 is 2.12 bits per heavy atom. The molecule has 0 unspecified atom stereocenters. The zero-order valence-electron chi connectivity index (χ0n) is 4.08. The zero-order valence-corrected chi connectivity index (χ0v) is 4.08. The van der Waals surface area contributed by atoms with E-state index in [0.29, 0.717) is 0 Å². The van der Waals surface area contributed by atoms with E-state index in [2.05, 4.69) is 4.84 Å². The molecule has 0 heterocycles. The summed E-state index contributed by atoms with van der Waals surface area (Å²) in [5, 5.41) is 8.02. The summed E-state index contributed by atoms with van der Waals surface area (Å²) >= 11 is 0. The third-order valence-electron chi connectivity index (χ3n) is 0.203. The molecular formula is C2H5NO5. The van der Waals surface area contributed by atoms with Crippen LogP contribution in [0.2, 0.25) is 0 Å². The van der Waals surface area contributed by atoms with Crippen LogP contribution in [0, 0.1) is 10.1 Å². The fourth-order valence-corrected chi connectivity index (χ4v) is 0.105. The van der Waals surface area contributed by atoms with Crippen LogP contribution < -0.4 is 0 Å². The van der Waals surface area contributed by atoms with E-state index in [1.165, 1.54) is 0 Å². The molecule has 0 bridgehead atoms. The van der Waals surface area contributed by atoms with Gasteiger partial charge in [0.1, 0.15) is 0 Å². The summed E-state index contributed by atoms with van der Waals surface area (Å²) < 4.78 is 0. The predicted octanol–water partition coefficient (Wildman–Crippen LogP) is -1.08. The lowest BCUT2D eigenvalue weighted by Gasteiger charge is -1.82. The van der Waals surface area contributed by atoms with Crippen molar-refractivity contribution in [1.29, 1.82) is 0 Å². The van der Waals surface area contributed by atoms with Crippen molar-refractivity contribution in [1.82, 2.24) is 0 Å². The SMILES string of the molecule is CC(=O)O[N+](=O)[O-].O. The molecule has 6 nitrogen and oxygen atoms in total. The molecule has 0 aliphatic carbocycles. The van der Waals surface area contributed by atoms with Gasteiger partial charge in [-0.2, -0.15) is 0 Å². The van der Waals surface area contributed by atoms with Gasteiger partial charge in [0.25, 0.3) is 0 Å². The van der Waals surface area contributed by atoms with E-state index >= 15 is 0 Å². The Labute approximate surface area is 44.5 Å². The number of nitrogens with zero attached hydrogens (tertiary/aromatic N) is 1. The Kier molecular flexibility index (Phi) is 4.98. The number of carbonyl (C=O) groups is 1. The average Bonchev–Trinajstić information content (AvgIpc) is 1.27. The first-order chi connectivity index (χ1) is 3.13. The van der Waals surface area contributed by atoms with Crippen molar-refractivity contribution < 1.29 is 20.2 Å². The molecule has 0 fully saturated rings. The molecule has 2 N–H and O–H groups in total. The highest BCUT2D eigenvalue weighted by molar-refractivity contribution is 5.64. The molecule has 0 amide bonds. The second-order valence-electron chi connectivity index (χ2n) is 0.806. The van der Waals surface area contributed by atoms with Gasteiger partial charge < -0.3 is 5.48 Å². The van der Waals surface area contributed by atoms with Crippen LogP contribution in [0.1, 0.15) is 6.92 Å². The number of hydrogen-bond donors (Lipinski definition) is 0. The van der Waals surface area contributed by atoms with Gasteiger partial charge in [0.15, 0.2) is 0 Å². The normalized spacial score (nSPS) is 6.62. The molecule has 0 radical (unpaired) electrons. The number of carbonyl (C=O) groups excluding carboxylic acids is 1. The third-order valence-corrected chi connectivity index (χ3v) is 0.203. The summed E-state index contributed by atoms with van der Waals surface area (Å²) in [6, 6.07) is 0. The smallest absolute Gasteiger partial charge is 0.302 e. The van der Waals surface area contributed by atoms with Gasteiger partial charge in [0.05, 0.1) is 0 Å². The van der Waals surface area contributed by atoms with Crippen molar-refractivity contribution in [3.8, 4) is 0 Å². The van der Waals surface area contributed by atoms with Gasteiger partial charge in [-0.15, -0.1) is 10.1 Å². The standard InChI is InChI=1S/C2H3NO4.H2O/c1-2(4)7-3(5)6;/h1H3;1H2. The van der Waals surface area contributed by atoms with Gasteiger partial charge in [0.2, 0.25) is 0 Å². The van der Waals surface area contributed by atoms with Crippen LogP contribution in [-0.4, -0.2) is 16.5 Å². The minimum absolute atomic E-state index is 0. The highest BCUT2D eigenvalue weighted by atomic mass is 17.0. The number of hydrogen-bond acceptors (Lipinski definition) is 4. The van der Waals surface area contributed by atoms with Crippen molar-refractivity contribution in [3.63, 3.8) is 0 Å². The molecule has 0 aliphatic rings. The summed E-state index contributed by atoms with van der Waals surface area (Å²) in [5.41, 5.74) is 0. The third kappa shape index (κ3) is 8.85. The molecule has 0 saturated carbocycles. The maximum atomic E-state index is 9.59. The molecule has 0 aliphatic heterocycles. The summed E-state index contributed by atoms with van der Waals surface area (Å²) in [4.78, 5) is 22.1. The van der Waals surface area contributed by atoms with Gasteiger partial charge in [-0.3, -0.25) is 4.79 Å². The highest BCUT2D eigenvalue weighted by Crippen LogP contribution is 1.72.